The molecule has 0 unspecified atom stereocenters. The molecule has 3 nitrogen and oxygen atoms in total. The summed E-state index contributed by atoms with van der Waals surface area (Å²) >= 11 is 0. The number of ether oxygens (including phenoxy) is 1. The van der Waals surface area contributed by atoms with Crippen LogP contribution in [0.25, 0.3) is 0 Å². The third-order valence-electron chi connectivity index (χ3n) is 1.70. The van der Waals surface area contributed by atoms with Gasteiger partial charge in [0, 0.05) is 27.0 Å². The molecule has 0 bridgehead atoms. The van der Waals surface area contributed by atoms with Gasteiger partial charge in [-0.3, -0.25) is 4.79 Å². The SMILES string of the molecule is CO[C@H]1CCC(=O)N1C. The largest absolute Gasteiger partial charge is 0.362 e. The van der Waals surface area contributed by atoms with Gasteiger partial charge in [-0.15, -0.1) is 0 Å². The Morgan fingerprint density at radius 1 is 1.78 bits per heavy atom. The van der Waals surface area contributed by atoms with Crippen molar-refractivity contribution in [1.82, 2.24) is 4.90 Å². The lowest BCUT2D eigenvalue weighted by Gasteiger charge is -2.16. The van der Waals surface area contributed by atoms with Crippen molar-refractivity contribution in [1.29, 1.82) is 0 Å². The van der Waals surface area contributed by atoms with Crippen molar-refractivity contribution < 1.29 is 9.53 Å². The number of methoxy groups -OCH3 is 1. The first-order valence-corrected chi connectivity index (χ1v) is 3.04. The summed E-state index contributed by atoms with van der Waals surface area (Å²) in [6.07, 6.45) is 1.50. The van der Waals surface area contributed by atoms with Gasteiger partial charge in [-0.05, 0) is 0 Å². The summed E-state index contributed by atoms with van der Waals surface area (Å²) < 4.78 is 5.00. The Hall–Kier alpha value is -0.570. The molecule has 1 atom stereocenters. The number of rotatable bonds is 1. The molecule has 0 radical (unpaired) electrons. The first-order valence-electron chi connectivity index (χ1n) is 3.04. The highest BCUT2D eigenvalue weighted by molar-refractivity contribution is 5.78. The Morgan fingerprint density at radius 2 is 2.44 bits per heavy atom. The summed E-state index contributed by atoms with van der Waals surface area (Å²) in [4.78, 5) is 12.4. The van der Waals surface area contributed by atoms with Crippen molar-refractivity contribution in [2.24, 2.45) is 0 Å². The van der Waals surface area contributed by atoms with Crippen LogP contribution in [-0.2, 0) is 9.53 Å². The lowest BCUT2D eigenvalue weighted by atomic mass is 10.4. The summed E-state index contributed by atoms with van der Waals surface area (Å²) in [6, 6.07) is 0. The van der Waals surface area contributed by atoms with E-state index >= 15 is 0 Å². The molecule has 1 rings (SSSR count). The minimum Gasteiger partial charge on any atom is -0.362 e. The average Bonchev–Trinajstić information content (AvgIpc) is 2.15. The van der Waals surface area contributed by atoms with Gasteiger partial charge in [-0.25, -0.2) is 0 Å². The summed E-state index contributed by atoms with van der Waals surface area (Å²) in [5.74, 6) is 0.182. The molecule has 0 aromatic heterocycles. The zero-order chi connectivity index (χ0) is 6.85. The summed E-state index contributed by atoms with van der Waals surface area (Å²) in [6.45, 7) is 0. The van der Waals surface area contributed by atoms with Crippen LogP contribution < -0.4 is 0 Å². The normalized spacial score (nSPS) is 27.6. The summed E-state index contributed by atoms with van der Waals surface area (Å²) in [7, 11) is 3.39. The fourth-order valence-electron chi connectivity index (χ4n) is 1.05. The van der Waals surface area contributed by atoms with E-state index in [0.29, 0.717) is 6.42 Å². The number of carbonyl (C=O) groups excluding carboxylic acids is 1. The lowest BCUT2D eigenvalue weighted by molar-refractivity contribution is -0.132. The van der Waals surface area contributed by atoms with Crippen LogP contribution in [0.15, 0.2) is 0 Å². The molecule has 52 valence electrons. The van der Waals surface area contributed by atoms with Gasteiger partial charge in [0.1, 0.15) is 6.23 Å². The molecular weight excluding hydrogens is 118 g/mol. The molecule has 1 aliphatic rings. The highest BCUT2D eigenvalue weighted by Crippen LogP contribution is 2.15. The number of hydrogen-bond acceptors (Lipinski definition) is 2. The van der Waals surface area contributed by atoms with Crippen molar-refractivity contribution in [3.63, 3.8) is 0 Å². The maximum atomic E-state index is 10.8. The molecule has 1 amide bonds. The Bertz CT molecular complexity index is 124. The number of hydrogen-bond donors (Lipinski definition) is 0. The summed E-state index contributed by atoms with van der Waals surface area (Å²) in [5, 5.41) is 0. The zero-order valence-electron chi connectivity index (χ0n) is 5.76. The topological polar surface area (TPSA) is 29.5 Å². The molecule has 0 saturated carbocycles. The smallest absolute Gasteiger partial charge is 0.224 e. The van der Waals surface area contributed by atoms with Crippen LogP contribution in [-0.4, -0.2) is 31.2 Å². The van der Waals surface area contributed by atoms with E-state index in [1.165, 1.54) is 0 Å². The first kappa shape index (κ1) is 6.55. The molecule has 0 aromatic rings. The van der Waals surface area contributed by atoms with Gasteiger partial charge in [0.25, 0.3) is 0 Å². The third kappa shape index (κ3) is 1.05. The molecule has 0 aliphatic carbocycles. The van der Waals surface area contributed by atoms with Crippen molar-refractivity contribution in [2.45, 2.75) is 19.1 Å². The van der Waals surface area contributed by atoms with E-state index in [0.717, 1.165) is 6.42 Å². The van der Waals surface area contributed by atoms with Gasteiger partial charge in [0.15, 0.2) is 0 Å². The van der Waals surface area contributed by atoms with E-state index < -0.39 is 0 Å². The predicted molar refractivity (Wildman–Crippen MR) is 32.8 cm³/mol. The fourth-order valence-corrected chi connectivity index (χ4v) is 1.05. The maximum absolute atomic E-state index is 10.8. The standard InChI is InChI=1S/C6H11NO2/c1-7-5(8)3-4-6(7)9-2/h6H,3-4H2,1-2H3/t6-/m0/s1. The van der Waals surface area contributed by atoms with E-state index in [4.69, 9.17) is 4.74 Å². The molecule has 0 aromatic carbocycles. The van der Waals surface area contributed by atoms with E-state index in [1.54, 1.807) is 19.1 Å². The highest BCUT2D eigenvalue weighted by atomic mass is 16.5. The third-order valence-corrected chi connectivity index (χ3v) is 1.70. The predicted octanol–water partition coefficient (Wildman–Crippen LogP) is 0.211. The van der Waals surface area contributed by atoms with E-state index in [-0.39, 0.29) is 12.1 Å². The van der Waals surface area contributed by atoms with Gasteiger partial charge in [0.2, 0.25) is 5.91 Å². The van der Waals surface area contributed by atoms with Gasteiger partial charge < -0.3 is 9.64 Å². The fraction of sp³-hybridized carbons (Fsp3) is 0.833. The van der Waals surface area contributed by atoms with Gasteiger partial charge >= 0.3 is 0 Å². The van der Waals surface area contributed by atoms with Gasteiger partial charge in [0.05, 0.1) is 0 Å². The van der Waals surface area contributed by atoms with E-state index in [1.807, 2.05) is 0 Å². The van der Waals surface area contributed by atoms with Gasteiger partial charge in [-0.1, -0.05) is 0 Å². The average molecular weight is 129 g/mol. The molecule has 1 aliphatic heterocycles. The van der Waals surface area contributed by atoms with Crippen molar-refractivity contribution in [3.05, 3.63) is 0 Å². The second-order valence-corrected chi connectivity index (χ2v) is 2.23. The van der Waals surface area contributed by atoms with Crippen molar-refractivity contribution in [3.8, 4) is 0 Å². The quantitative estimate of drug-likeness (QED) is 0.506. The second kappa shape index (κ2) is 2.35. The van der Waals surface area contributed by atoms with Crippen LogP contribution in [0.2, 0.25) is 0 Å². The lowest BCUT2D eigenvalue weighted by Crippen LogP contribution is -2.29. The second-order valence-electron chi connectivity index (χ2n) is 2.23. The monoisotopic (exact) mass is 129 g/mol. The molecule has 0 N–H and O–H groups in total. The maximum Gasteiger partial charge on any atom is 0.224 e. The molecule has 1 saturated heterocycles. The summed E-state index contributed by atoms with van der Waals surface area (Å²) in [5.41, 5.74) is 0. The molecule has 1 heterocycles. The Kier molecular flexibility index (Phi) is 1.71. The van der Waals surface area contributed by atoms with Gasteiger partial charge in [-0.2, -0.15) is 0 Å². The Morgan fingerprint density at radius 3 is 2.67 bits per heavy atom. The van der Waals surface area contributed by atoms with E-state index in [2.05, 4.69) is 0 Å². The van der Waals surface area contributed by atoms with Crippen LogP contribution in [0.4, 0.5) is 0 Å². The first-order chi connectivity index (χ1) is 4.25. The number of amides is 1. The van der Waals surface area contributed by atoms with Crippen LogP contribution in [0.1, 0.15) is 12.8 Å². The Labute approximate surface area is 54.6 Å². The van der Waals surface area contributed by atoms with Crippen LogP contribution in [0, 0.1) is 0 Å². The van der Waals surface area contributed by atoms with Crippen molar-refractivity contribution >= 4 is 5.91 Å². The number of carbonyl (C=O) groups is 1. The molecule has 9 heavy (non-hydrogen) atoms. The van der Waals surface area contributed by atoms with Crippen molar-refractivity contribution in [2.75, 3.05) is 14.2 Å². The zero-order valence-corrected chi connectivity index (χ0v) is 5.76. The molecule has 3 heteroatoms. The molecule has 0 spiro atoms. The van der Waals surface area contributed by atoms with E-state index in [9.17, 15) is 4.79 Å². The Balaban J connectivity index is 2.51. The minimum atomic E-state index is 0.0255. The van der Waals surface area contributed by atoms with Crippen LogP contribution in [0.5, 0.6) is 0 Å². The van der Waals surface area contributed by atoms with Crippen LogP contribution in [0.3, 0.4) is 0 Å². The molecule has 1 fully saturated rings. The molecular formula is C6H11NO2. The number of nitrogens with zero attached hydrogens (tertiary/aromatic N) is 1. The highest BCUT2D eigenvalue weighted by Gasteiger charge is 2.26. The van der Waals surface area contributed by atoms with Crippen LogP contribution >= 0.6 is 0 Å². The minimum absolute atomic E-state index is 0.0255. The number of likely N-dealkylation sites (tertiary alicyclic amines) is 1.